The van der Waals surface area contributed by atoms with Crippen molar-refractivity contribution in [3.05, 3.63) is 35.9 Å². The van der Waals surface area contributed by atoms with Crippen LogP contribution >= 0.6 is 0 Å². The molecule has 2 aliphatic heterocycles. The zero-order valence-electron chi connectivity index (χ0n) is 13.3. The quantitative estimate of drug-likeness (QED) is 0.722. The van der Waals surface area contributed by atoms with Gasteiger partial charge >= 0.3 is 6.03 Å². The fraction of sp³-hybridized carbons (Fsp3) is 0.529. The Bertz CT molecular complexity index is 565. The highest BCUT2D eigenvalue weighted by Gasteiger charge is 2.53. The van der Waals surface area contributed by atoms with Crippen LogP contribution in [0, 0.1) is 0 Å². The predicted molar refractivity (Wildman–Crippen MR) is 83.5 cm³/mol. The first-order chi connectivity index (χ1) is 11.2. The van der Waals surface area contributed by atoms with Crippen LogP contribution in [-0.2, 0) is 21.0 Å². The maximum absolute atomic E-state index is 12.7. The summed E-state index contributed by atoms with van der Waals surface area (Å²) in [4.78, 5) is 31.7. The van der Waals surface area contributed by atoms with E-state index in [4.69, 9.17) is 9.57 Å². The van der Waals surface area contributed by atoms with E-state index in [1.54, 1.807) is 4.90 Å². The molecule has 0 radical (unpaired) electrons. The maximum atomic E-state index is 12.7. The lowest BCUT2D eigenvalue weighted by molar-refractivity contribution is -0.140. The number of urea groups is 1. The Balaban J connectivity index is 1.69. The Labute approximate surface area is 135 Å². The third kappa shape index (κ3) is 2.96. The highest BCUT2D eigenvalue weighted by atomic mass is 16.7. The molecule has 2 heterocycles. The van der Waals surface area contributed by atoms with E-state index in [1.165, 1.54) is 5.06 Å². The van der Waals surface area contributed by atoms with Crippen molar-refractivity contribution in [2.24, 2.45) is 0 Å². The molecule has 2 atom stereocenters. The van der Waals surface area contributed by atoms with Gasteiger partial charge in [-0.05, 0) is 25.3 Å². The molecule has 6 nitrogen and oxygen atoms in total. The van der Waals surface area contributed by atoms with E-state index in [1.807, 2.05) is 37.3 Å². The number of amides is 2. The Morgan fingerprint density at radius 3 is 2.83 bits per heavy atom. The van der Waals surface area contributed by atoms with Gasteiger partial charge in [-0.25, -0.2) is 4.79 Å². The molecule has 0 spiro atoms. The molecule has 2 amide bonds. The third-order valence-electron chi connectivity index (χ3n) is 4.58. The van der Waals surface area contributed by atoms with Crippen molar-refractivity contribution in [2.45, 2.75) is 38.0 Å². The van der Waals surface area contributed by atoms with Gasteiger partial charge in [-0.15, -0.1) is 0 Å². The van der Waals surface area contributed by atoms with Crippen LogP contribution in [0.15, 0.2) is 30.3 Å². The molecule has 2 bridgehead atoms. The van der Waals surface area contributed by atoms with Crippen LogP contribution < -0.4 is 0 Å². The Morgan fingerprint density at radius 1 is 1.35 bits per heavy atom. The molecule has 0 aliphatic carbocycles. The first-order valence-electron chi connectivity index (χ1n) is 8.02. The topological polar surface area (TPSA) is 59.1 Å². The standard InChI is InChI=1S/C17H22N2O4/c1-2-22-13-17(12-20)9-8-15-10-18(17)16(21)19(15)23-11-14-6-4-3-5-7-14/h3-7,12,15H,2,8-11,13H2,1H3. The molecule has 0 N–H and O–H groups in total. The van der Waals surface area contributed by atoms with E-state index in [2.05, 4.69) is 0 Å². The lowest BCUT2D eigenvalue weighted by Gasteiger charge is -2.38. The summed E-state index contributed by atoms with van der Waals surface area (Å²) in [6.07, 6.45) is 2.21. The normalized spacial score (nSPS) is 26.7. The molecule has 2 saturated heterocycles. The molecule has 2 unspecified atom stereocenters. The van der Waals surface area contributed by atoms with Gasteiger partial charge in [-0.3, -0.25) is 4.84 Å². The molecule has 0 aromatic heterocycles. The zero-order valence-corrected chi connectivity index (χ0v) is 13.3. The molecular weight excluding hydrogens is 296 g/mol. The Kier molecular flexibility index (Phi) is 4.63. The monoisotopic (exact) mass is 318 g/mol. The largest absolute Gasteiger partial charge is 0.379 e. The summed E-state index contributed by atoms with van der Waals surface area (Å²) in [5, 5.41) is 1.43. The van der Waals surface area contributed by atoms with E-state index in [0.717, 1.165) is 18.3 Å². The number of ether oxygens (including phenoxy) is 1. The number of hydrogen-bond donors (Lipinski definition) is 0. The van der Waals surface area contributed by atoms with Crippen molar-refractivity contribution in [2.75, 3.05) is 19.8 Å². The summed E-state index contributed by atoms with van der Waals surface area (Å²) in [5.41, 5.74) is 0.154. The Hall–Kier alpha value is -1.92. The van der Waals surface area contributed by atoms with Crippen molar-refractivity contribution < 1.29 is 19.2 Å². The Morgan fingerprint density at radius 2 is 2.13 bits per heavy atom. The van der Waals surface area contributed by atoms with Crippen molar-refractivity contribution >= 4 is 12.3 Å². The van der Waals surface area contributed by atoms with Crippen LogP contribution in [0.2, 0.25) is 0 Å². The van der Waals surface area contributed by atoms with Gasteiger partial charge in [0.25, 0.3) is 0 Å². The van der Waals surface area contributed by atoms with Gasteiger partial charge in [0.05, 0.1) is 12.6 Å². The highest BCUT2D eigenvalue weighted by Crippen LogP contribution is 2.36. The van der Waals surface area contributed by atoms with Crippen LogP contribution in [0.1, 0.15) is 25.3 Å². The lowest BCUT2D eigenvalue weighted by atomic mass is 9.88. The highest BCUT2D eigenvalue weighted by molar-refractivity contribution is 5.83. The lowest BCUT2D eigenvalue weighted by Crippen LogP contribution is -2.56. The molecule has 6 heteroatoms. The van der Waals surface area contributed by atoms with Crippen LogP contribution in [0.4, 0.5) is 4.79 Å². The van der Waals surface area contributed by atoms with E-state index >= 15 is 0 Å². The average molecular weight is 318 g/mol. The van der Waals surface area contributed by atoms with Crippen molar-refractivity contribution in [1.29, 1.82) is 0 Å². The summed E-state index contributed by atoms with van der Waals surface area (Å²) < 4.78 is 5.45. The van der Waals surface area contributed by atoms with Crippen LogP contribution in [0.5, 0.6) is 0 Å². The molecular formula is C17H22N2O4. The van der Waals surface area contributed by atoms with Gasteiger partial charge in [0, 0.05) is 13.2 Å². The van der Waals surface area contributed by atoms with Crippen LogP contribution in [0.25, 0.3) is 0 Å². The van der Waals surface area contributed by atoms with Gasteiger partial charge in [0.2, 0.25) is 0 Å². The minimum atomic E-state index is -0.853. The van der Waals surface area contributed by atoms with E-state index < -0.39 is 5.54 Å². The van der Waals surface area contributed by atoms with Crippen LogP contribution in [0.3, 0.4) is 0 Å². The van der Waals surface area contributed by atoms with Gasteiger partial charge in [0.1, 0.15) is 18.4 Å². The van der Waals surface area contributed by atoms with Gasteiger partial charge in [-0.1, -0.05) is 30.3 Å². The number of hydrogen-bond acceptors (Lipinski definition) is 4. The molecule has 1 aromatic carbocycles. The SMILES string of the molecule is CCOCC1(C=O)CCC2CN1C(=O)N2OCc1ccccc1. The van der Waals surface area contributed by atoms with E-state index in [9.17, 15) is 9.59 Å². The number of nitrogens with zero attached hydrogens (tertiary/aromatic N) is 2. The molecule has 23 heavy (non-hydrogen) atoms. The summed E-state index contributed by atoms with van der Waals surface area (Å²) in [6.45, 7) is 3.51. The van der Waals surface area contributed by atoms with Gasteiger partial charge < -0.3 is 14.4 Å². The fourth-order valence-electron chi connectivity index (χ4n) is 3.23. The summed E-state index contributed by atoms with van der Waals surface area (Å²) in [5.74, 6) is 0. The van der Waals surface area contributed by atoms with Gasteiger partial charge in [-0.2, -0.15) is 5.06 Å². The third-order valence-corrected chi connectivity index (χ3v) is 4.58. The number of benzene rings is 1. The average Bonchev–Trinajstić information content (AvgIpc) is 2.87. The smallest absolute Gasteiger partial charge is 0.345 e. The first-order valence-corrected chi connectivity index (χ1v) is 8.02. The number of fused-ring (bicyclic) bond motifs is 2. The number of rotatable bonds is 7. The second kappa shape index (κ2) is 6.68. The molecule has 2 aliphatic rings. The number of hydroxylamine groups is 2. The first kappa shape index (κ1) is 16.0. The van der Waals surface area contributed by atoms with Crippen molar-refractivity contribution in [3.63, 3.8) is 0 Å². The molecule has 2 fully saturated rings. The maximum Gasteiger partial charge on any atom is 0.345 e. The van der Waals surface area contributed by atoms with Crippen molar-refractivity contribution in [3.8, 4) is 0 Å². The second-order valence-corrected chi connectivity index (χ2v) is 6.03. The summed E-state index contributed by atoms with van der Waals surface area (Å²) in [6, 6.07) is 9.49. The summed E-state index contributed by atoms with van der Waals surface area (Å²) in [7, 11) is 0. The minimum Gasteiger partial charge on any atom is -0.379 e. The number of carbonyl (C=O) groups excluding carboxylic acids is 2. The van der Waals surface area contributed by atoms with Crippen LogP contribution in [-0.4, -0.2) is 53.6 Å². The predicted octanol–water partition coefficient (Wildman–Crippen LogP) is 1.99. The molecule has 124 valence electrons. The second-order valence-electron chi connectivity index (χ2n) is 6.03. The molecule has 3 rings (SSSR count). The summed E-state index contributed by atoms with van der Waals surface area (Å²) >= 11 is 0. The van der Waals surface area contributed by atoms with Gasteiger partial charge in [0.15, 0.2) is 0 Å². The number of carbonyl (C=O) groups is 2. The van der Waals surface area contributed by atoms with E-state index in [-0.39, 0.29) is 18.7 Å². The molecule has 0 saturated carbocycles. The van der Waals surface area contributed by atoms with E-state index in [0.29, 0.717) is 26.2 Å². The fourth-order valence-corrected chi connectivity index (χ4v) is 3.23. The number of piperidine rings is 1. The molecule has 1 aromatic rings. The minimum absolute atomic E-state index is 0.000846. The number of aldehydes is 1. The zero-order chi connectivity index (χ0) is 16.3. The van der Waals surface area contributed by atoms with Crippen molar-refractivity contribution in [1.82, 2.24) is 9.96 Å².